The molecule has 0 saturated heterocycles. The summed E-state index contributed by atoms with van der Waals surface area (Å²) < 4.78 is 23.8. The first kappa shape index (κ1) is 64.5. The van der Waals surface area contributed by atoms with E-state index in [0.29, 0.717) is 23.9 Å². The number of unbranched alkanes of at least 4 members (excludes halogenated alkanes) is 30. The molecule has 0 aromatic rings. The second kappa shape index (κ2) is 48.5. The molecular weight excluding hydrogens is 840 g/mol. The van der Waals surface area contributed by atoms with E-state index in [4.69, 9.17) is 9.05 Å². The van der Waals surface area contributed by atoms with E-state index >= 15 is 0 Å². The Hall–Kier alpha value is -1.54. The van der Waals surface area contributed by atoms with Crippen LogP contribution in [0.1, 0.15) is 258 Å². The molecule has 388 valence electrons. The first-order valence-corrected chi connectivity index (χ1v) is 29.5. The average molecular weight is 950 g/mol. The van der Waals surface area contributed by atoms with E-state index in [0.717, 1.165) is 77.0 Å². The summed E-state index contributed by atoms with van der Waals surface area (Å²) in [4.78, 5) is 23.3. The predicted octanol–water partition coefficient (Wildman–Crippen LogP) is 16.8. The van der Waals surface area contributed by atoms with Gasteiger partial charge in [0.1, 0.15) is 13.2 Å². The van der Waals surface area contributed by atoms with Crippen LogP contribution in [0.4, 0.5) is 0 Å². The molecule has 0 aliphatic rings. The van der Waals surface area contributed by atoms with Crippen LogP contribution >= 0.6 is 7.82 Å². The van der Waals surface area contributed by atoms with E-state index in [9.17, 15) is 19.4 Å². The van der Waals surface area contributed by atoms with Crippen molar-refractivity contribution in [2.45, 2.75) is 270 Å². The van der Waals surface area contributed by atoms with Crippen molar-refractivity contribution in [2.75, 3.05) is 40.9 Å². The van der Waals surface area contributed by atoms with Crippen molar-refractivity contribution in [3.05, 3.63) is 48.6 Å². The van der Waals surface area contributed by atoms with Gasteiger partial charge in [-0.15, -0.1) is 0 Å². The largest absolute Gasteiger partial charge is 0.472 e. The van der Waals surface area contributed by atoms with Crippen LogP contribution in [0.15, 0.2) is 48.6 Å². The van der Waals surface area contributed by atoms with Gasteiger partial charge in [-0.25, -0.2) is 4.57 Å². The van der Waals surface area contributed by atoms with Gasteiger partial charge in [-0.1, -0.05) is 249 Å². The molecule has 8 nitrogen and oxygen atoms in total. The number of allylic oxidation sites excluding steroid dienone is 8. The number of aliphatic hydroxyl groups is 1. The lowest BCUT2D eigenvalue weighted by atomic mass is 10.0. The van der Waals surface area contributed by atoms with Crippen LogP contribution in [0.25, 0.3) is 0 Å². The van der Waals surface area contributed by atoms with Crippen LogP contribution in [0.5, 0.6) is 0 Å². The number of phosphoric acid groups is 1. The lowest BCUT2D eigenvalue weighted by molar-refractivity contribution is -0.870. The normalized spacial score (nSPS) is 14.3. The van der Waals surface area contributed by atoms with E-state index in [1.807, 2.05) is 21.1 Å². The Labute approximate surface area is 409 Å². The van der Waals surface area contributed by atoms with Gasteiger partial charge in [0.05, 0.1) is 39.9 Å². The number of rotatable bonds is 51. The number of hydrogen-bond donors (Lipinski definition) is 3. The highest BCUT2D eigenvalue weighted by Crippen LogP contribution is 2.43. The van der Waals surface area contributed by atoms with Crippen LogP contribution in [0.3, 0.4) is 0 Å². The van der Waals surface area contributed by atoms with Crippen molar-refractivity contribution in [1.29, 1.82) is 0 Å². The number of hydrogen-bond acceptors (Lipinski definition) is 5. The zero-order valence-electron chi connectivity index (χ0n) is 44.2. The van der Waals surface area contributed by atoms with Gasteiger partial charge in [-0.3, -0.25) is 13.8 Å². The van der Waals surface area contributed by atoms with Crippen molar-refractivity contribution in [3.8, 4) is 0 Å². The molecule has 0 heterocycles. The van der Waals surface area contributed by atoms with Crippen molar-refractivity contribution in [1.82, 2.24) is 5.32 Å². The predicted molar refractivity (Wildman–Crippen MR) is 286 cm³/mol. The zero-order chi connectivity index (χ0) is 48.5. The highest BCUT2D eigenvalue weighted by molar-refractivity contribution is 7.47. The molecule has 0 spiro atoms. The van der Waals surface area contributed by atoms with Crippen molar-refractivity contribution >= 4 is 13.7 Å². The van der Waals surface area contributed by atoms with Gasteiger partial charge in [0.15, 0.2) is 0 Å². The molecule has 0 aromatic carbocycles. The third kappa shape index (κ3) is 50.3. The van der Waals surface area contributed by atoms with E-state index in [-0.39, 0.29) is 19.1 Å². The Morgan fingerprint density at radius 1 is 0.530 bits per heavy atom. The SMILES string of the molecule is CC/C=C\C/C=C\C/C=C\C/C=C\CCCCCCCCC(=O)NC(COP(=O)(O)OCC[N+](C)(C)C)C(O)CCCCCCCCCCCCCCCCCCCCCCCCCCC. The molecule has 0 radical (unpaired) electrons. The van der Waals surface area contributed by atoms with Gasteiger partial charge in [-0.2, -0.15) is 0 Å². The quantitative estimate of drug-likeness (QED) is 0.0243. The second-order valence-electron chi connectivity index (χ2n) is 20.3. The van der Waals surface area contributed by atoms with E-state index in [2.05, 4.69) is 67.8 Å². The van der Waals surface area contributed by atoms with E-state index < -0.39 is 20.0 Å². The number of aliphatic hydroxyl groups excluding tert-OH is 1. The number of carbonyl (C=O) groups is 1. The Morgan fingerprint density at radius 3 is 1.33 bits per heavy atom. The standard InChI is InChI=1S/C57H109N2O6P/c1-6-8-10-12-14-16-18-20-22-24-26-27-28-29-30-31-33-34-36-38-40-42-44-46-48-50-56(60)55(54-65-66(62,63)64-53-52-59(3,4)5)58-57(61)51-49-47-45-43-41-39-37-35-32-25-23-21-19-17-15-13-11-9-7-2/h9,11,15,17,21,23,32,35,55-56,60H,6-8,10,12-14,16,18-20,22,24-31,33-34,36-54H2,1-5H3,(H-,58,61,62,63)/p+1/b11-9-,17-15-,23-21-,35-32-. The van der Waals surface area contributed by atoms with Gasteiger partial charge < -0.3 is 19.8 Å². The van der Waals surface area contributed by atoms with Crippen molar-refractivity contribution in [3.63, 3.8) is 0 Å². The maximum atomic E-state index is 13.0. The molecule has 0 aliphatic heterocycles. The highest BCUT2D eigenvalue weighted by Gasteiger charge is 2.28. The summed E-state index contributed by atoms with van der Waals surface area (Å²) >= 11 is 0. The fourth-order valence-corrected chi connectivity index (χ4v) is 8.95. The highest BCUT2D eigenvalue weighted by atomic mass is 31.2. The summed E-state index contributed by atoms with van der Waals surface area (Å²) in [7, 11) is 1.61. The van der Waals surface area contributed by atoms with Crippen LogP contribution in [0.2, 0.25) is 0 Å². The van der Waals surface area contributed by atoms with Crippen molar-refractivity contribution in [2.24, 2.45) is 0 Å². The molecule has 0 fully saturated rings. The van der Waals surface area contributed by atoms with Crippen LogP contribution < -0.4 is 5.32 Å². The second-order valence-corrected chi connectivity index (χ2v) is 21.7. The Bertz CT molecular complexity index is 1210. The molecular formula is C57H110N2O6P+. The first-order chi connectivity index (χ1) is 32.0. The molecule has 0 rings (SSSR count). The molecule has 0 saturated carbocycles. The topological polar surface area (TPSA) is 105 Å². The molecule has 1 amide bonds. The Morgan fingerprint density at radius 2 is 0.909 bits per heavy atom. The minimum Gasteiger partial charge on any atom is -0.391 e. The number of quaternary nitrogens is 1. The number of nitrogens with one attached hydrogen (secondary N) is 1. The van der Waals surface area contributed by atoms with Crippen LogP contribution in [-0.2, 0) is 18.4 Å². The molecule has 0 bridgehead atoms. The number of amides is 1. The summed E-state index contributed by atoms with van der Waals surface area (Å²) in [6.07, 6.45) is 63.0. The summed E-state index contributed by atoms with van der Waals surface area (Å²) in [5.74, 6) is -0.157. The Balaban J connectivity index is 4.19. The minimum absolute atomic E-state index is 0.0703. The van der Waals surface area contributed by atoms with Gasteiger partial charge >= 0.3 is 7.82 Å². The van der Waals surface area contributed by atoms with Gasteiger partial charge in [0.25, 0.3) is 0 Å². The molecule has 0 aliphatic carbocycles. The number of nitrogens with zero attached hydrogens (tertiary/aromatic N) is 1. The number of carbonyl (C=O) groups excluding carboxylic acids is 1. The molecule has 0 aromatic heterocycles. The monoisotopic (exact) mass is 950 g/mol. The maximum Gasteiger partial charge on any atom is 0.472 e. The van der Waals surface area contributed by atoms with Gasteiger partial charge in [-0.05, 0) is 51.4 Å². The molecule has 9 heteroatoms. The summed E-state index contributed by atoms with van der Waals surface area (Å²) in [6.45, 7) is 4.79. The summed E-state index contributed by atoms with van der Waals surface area (Å²) in [6, 6.07) is -0.771. The third-order valence-corrected chi connectivity index (χ3v) is 13.6. The van der Waals surface area contributed by atoms with E-state index in [1.54, 1.807) is 0 Å². The third-order valence-electron chi connectivity index (χ3n) is 12.6. The van der Waals surface area contributed by atoms with Crippen LogP contribution in [-0.4, -0.2) is 73.4 Å². The van der Waals surface area contributed by atoms with E-state index in [1.165, 1.54) is 154 Å². The minimum atomic E-state index is -4.33. The van der Waals surface area contributed by atoms with Gasteiger partial charge in [0, 0.05) is 6.42 Å². The molecule has 3 unspecified atom stereocenters. The van der Waals surface area contributed by atoms with Crippen molar-refractivity contribution < 1.29 is 32.9 Å². The molecule has 3 N–H and O–H groups in total. The van der Waals surface area contributed by atoms with Crippen LogP contribution in [0, 0.1) is 0 Å². The summed E-state index contributed by atoms with van der Waals surface area (Å²) in [5, 5.41) is 14.1. The summed E-state index contributed by atoms with van der Waals surface area (Å²) in [5.41, 5.74) is 0. The zero-order valence-corrected chi connectivity index (χ0v) is 45.1. The number of phosphoric ester groups is 1. The molecule has 3 atom stereocenters. The fraction of sp³-hybridized carbons (Fsp3) is 0.842. The Kier molecular flexibility index (Phi) is 47.4. The maximum absolute atomic E-state index is 13.0. The smallest absolute Gasteiger partial charge is 0.391 e. The first-order valence-electron chi connectivity index (χ1n) is 28.0. The lowest BCUT2D eigenvalue weighted by Crippen LogP contribution is -2.46. The number of likely N-dealkylation sites (N-methyl/N-ethyl adjacent to an activating group) is 1. The molecule has 66 heavy (non-hydrogen) atoms. The fourth-order valence-electron chi connectivity index (χ4n) is 8.22. The van der Waals surface area contributed by atoms with Gasteiger partial charge in [0.2, 0.25) is 5.91 Å². The average Bonchev–Trinajstić information content (AvgIpc) is 3.28. The lowest BCUT2D eigenvalue weighted by Gasteiger charge is -2.26.